The lowest BCUT2D eigenvalue weighted by Crippen LogP contribution is -2.27. The van der Waals surface area contributed by atoms with Crippen molar-refractivity contribution in [3.8, 4) is 0 Å². The number of carboxylic acid groups (broad SMARTS) is 1. The maximum Gasteiger partial charge on any atom is 0.319 e. The number of aromatic nitrogens is 2. The fourth-order valence-electron chi connectivity index (χ4n) is 0.931. The maximum absolute atomic E-state index is 10.9. The minimum atomic E-state index is -0.862. The van der Waals surface area contributed by atoms with Crippen molar-refractivity contribution < 1.29 is 9.90 Å². The first-order chi connectivity index (χ1) is 6.95. The van der Waals surface area contributed by atoms with Crippen molar-refractivity contribution in [3.63, 3.8) is 0 Å². The zero-order valence-corrected chi connectivity index (χ0v) is 9.84. The first-order valence-corrected chi connectivity index (χ1v) is 5.50. The van der Waals surface area contributed by atoms with Crippen LogP contribution in [0.3, 0.4) is 0 Å². The molecule has 0 spiro atoms. The van der Waals surface area contributed by atoms with Gasteiger partial charge in [0.2, 0.25) is 0 Å². The van der Waals surface area contributed by atoms with Gasteiger partial charge in [-0.2, -0.15) is 0 Å². The largest absolute Gasteiger partial charge is 0.480 e. The van der Waals surface area contributed by atoms with Crippen molar-refractivity contribution >= 4 is 17.7 Å². The van der Waals surface area contributed by atoms with E-state index in [0.717, 1.165) is 12.1 Å². The van der Waals surface area contributed by atoms with Gasteiger partial charge in [0.1, 0.15) is 16.1 Å². The summed E-state index contributed by atoms with van der Waals surface area (Å²) in [5.74, 6) is -0.843. The summed E-state index contributed by atoms with van der Waals surface area (Å²) in [5, 5.41) is 9.67. The first-order valence-electron chi connectivity index (χ1n) is 4.69. The Kier molecular flexibility index (Phi) is 3.68. The third kappa shape index (κ3) is 3.20. The second kappa shape index (κ2) is 4.61. The van der Waals surface area contributed by atoms with E-state index >= 15 is 0 Å². The van der Waals surface area contributed by atoms with Crippen molar-refractivity contribution in [3.05, 3.63) is 18.1 Å². The number of aliphatic carboxylic acids is 1. The average molecular weight is 226 g/mol. The van der Waals surface area contributed by atoms with Crippen LogP contribution in [0.1, 0.15) is 26.5 Å². The van der Waals surface area contributed by atoms with E-state index in [-0.39, 0.29) is 0 Å². The minimum Gasteiger partial charge on any atom is -0.480 e. The molecule has 5 heteroatoms. The van der Waals surface area contributed by atoms with E-state index < -0.39 is 10.7 Å². The minimum absolute atomic E-state index is 0.703. The van der Waals surface area contributed by atoms with Crippen LogP contribution in [0.2, 0.25) is 0 Å². The van der Waals surface area contributed by atoms with Gasteiger partial charge in [-0.05, 0) is 26.3 Å². The molecule has 0 atom stereocenters. The molecule has 1 aromatic rings. The van der Waals surface area contributed by atoms with Crippen molar-refractivity contribution in [1.82, 2.24) is 9.97 Å². The van der Waals surface area contributed by atoms with Gasteiger partial charge in [-0.25, -0.2) is 9.97 Å². The Labute approximate surface area is 93.1 Å². The number of thioether (sulfide) groups is 1. The quantitative estimate of drug-likeness (QED) is 0.628. The fourth-order valence-corrected chi connectivity index (χ4v) is 1.84. The number of hydrogen-bond acceptors (Lipinski definition) is 4. The molecule has 0 fully saturated rings. The fraction of sp³-hybridized carbons (Fsp3) is 0.500. The van der Waals surface area contributed by atoms with Crippen LogP contribution >= 0.6 is 11.8 Å². The van der Waals surface area contributed by atoms with Gasteiger partial charge in [-0.1, -0.05) is 18.7 Å². The molecule has 0 aliphatic carbocycles. The van der Waals surface area contributed by atoms with E-state index in [9.17, 15) is 4.79 Å². The van der Waals surface area contributed by atoms with Crippen LogP contribution < -0.4 is 0 Å². The lowest BCUT2D eigenvalue weighted by atomic mass is 10.2. The number of rotatable bonds is 4. The van der Waals surface area contributed by atoms with Gasteiger partial charge < -0.3 is 5.11 Å². The molecule has 0 aromatic carbocycles. The van der Waals surface area contributed by atoms with Crippen LogP contribution in [0.25, 0.3) is 0 Å². The van der Waals surface area contributed by atoms with E-state index in [0.29, 0.717) is 5.03 Å². The third-order valence-electron chi connectivity index (χ3n) is 1.94. The lowest BCUT2D eigenvalue weighted by Gasteiger charge is -2.17. The van der Waals surface area contributed by atoms with Gasteiger partial charge in [0.05, 0.1) is 0 Å². The molecule has 82 valence electrons. The summed E-state index contributed by atoms with van der Waals surface area (Å²) in [5.41, 5.74) is 0.925. The van der Waals surface area contributed by atoms with Gasteiger partial charge in [0, 0.05) is 5.69 Å². The van der Waals surface area contributed by atoms with Crippen LogP contribution in [0, 0.1) is 0 Å². The Morgan fingerprint density at radius 2 is 2.20 bits per heavy atom. The topological polar surface area (TPSA) is 63.1 Å². The smallest absolute Gasteiger partial charge is 0.319 e. The van der Waals surface area contributed by atoms with Gasteiger partial charge >= 0.3 is 5.97 Å². The number of aryl methyl sites for hydroxylation is 1. The molecule has 0 radical (unpaired) electrons. The van der Waals surface area contributed by atoms with Crippen molar-refractivity contribution in [2.45, 2.75) is 37.0 Å². The van der Waals surface area contributed by atoms with Crippen molar-refractivity contribution in [2.75, 3.05) is 0 Å². The number of hydrogen-bond donors (Lipinski definition) is 1. The molecule has 1 rings (SSSR count). The molecule has 0 aliphatic heterocycles. The van der Waals surface area contributed by atoms with Gasteiger partial charge in [-0.3, -0.25) is 4.79 Å². The van der Waals surface area contributed by atoms with E-state index in [1.807, 2.05) is 13.0 Å². The van der Waals surface area contributed by atoms with Crippen LogP contribution in [-0.2, 0) is 11.2 Å². The molecule has 15 heavy (non-hydrogen) atoms. The van der Waals surface area contributed by atoms with Crippen LogP contribution in [0.5, 0.6) is 0 Å². The van der Waals surface area contributed by atoms with Crippen LogP contribution in [0.4, 0.5) is 0 Å². The molecule has 4 nitrogen and oxygen atoms in total. The Hall–Kier alpha value is -1.10. The molecule has 0 aliphatic rings. The molecular formula is C10H14N2O2S. The van der Waals surface area contributed by atoms with E-state index in [2.05, 4.69) is 9.97 Å². The SMILES string of the molecule is CCc1cc(SC(C)(C)C(=O)O)ncn1. The van der Waals surface area contributed by atoms with Crippen LogP contribution in [-0.4, -0.2) is 25.8 Å². The summed E-state index contributed by atoms with van der Waals surface area (Å²) in [6, 6.07) is 1.83. The zero-order valence-electron chi connectivity index (χ0n) is 9.02. The normalized spacial score (nSPS) is 11.4. The highest BCUT2D eigenvalue weighted by Gasteiger charge is 2.29. The predicted molar refractivity (Wildman–Crippen MR) is 59.0 cm³/mol. The van der Waals surface area contributed by atoms with E-state index in [1.165, 1.54) is 18.1 Å². The maximum atomic E-state index is 10.9. The Balaban J connectivity index is 2.85. The summed E-state index contributed by atoms with van der Waals surface area (Å²) in [4.78, 5) is 19.0. The average Bonchev–Trinajstić information content (AvgIpc) is 2.17. The van der Waals surface area contributed by atoms with Crippen molar-refractivity contribution in [1.29, 1.82) is 0 Å². The molecule has 0 saturated heterocycles. The summed E-state index contributed by atoms with van der Waals surface area (Å²) >= 11 is 1.23. The van der Waals surface area contributed by atoms with E-state index in [4.69, 9.17) is 5.11 Å². The zero-order chi connectivity index (χ0) is 11.5. The molecule has 0 unspecified atom stereocenters. The summed E-state index contributed by atoms with van der Waals surface area (Å²) in [6.45, 7) is 5.32. The lowest BCUT2D eigenvalue weighted by molar-refractivity contribution is -0.138. The molecular weight excluding hydrogens is 212 g/mol. The van der Waals surface area contributed by atoms with Gasteiger partial charge in [-0.15, -0.1) is 0 Å². The molecule has 1 N–H and O–H groups in total. The van der Waals surface area contributed by atoms with Gasteiger partial charge in [0.25, 0.3) is 0 Å². The predicted octanol–water partition coefficient (Wildman–Crippen LogP) is 1.99. The standard InChI is InChI=1S/C10H14N2O2S/c1-4-7-5-8(12-6-11-7)15-10(2,3)9(13)14/h5-6H,4H2,1-3H3,(H,13,14). The monoisotopic (exact) mass is 226 g/mol. The Morgan fingerprint density at radius 1 is 1.53 bits per heavy atom. The molecule has 0 bridgehead atoms. The Bertz CT molecular complexity index is 366. The second-order valence-corrected chi connectivity index (χ2v) is 5.26. The highest BCUT2D eigenvalue weighted by molar-refractivity contribution is 8.01. The number of carbonyl (C=O) groups is 1. The summed E-state index contributed by atoms with van der Waals surface area (Å²) in [6.07, 6.45) is 2.29. The van der Waals surface area contributed by atoms with Crippen LogP contribution in [0.15, 0.2) is 17.4 Å². The first kappa shape index (κ1) is 12.0. The second-order valence-electron chi connectivity index (χ2n) is 3.62. The summed E-state index contributed by atoms with van der Waals surface area (Å²) < 4.78 is -0.862. The molecule has 1 aromatic heterocycles. The highest BCUT2D eigenvalue weighted by Crippen LogP contribution is 2.31. The van der Waals surface area contributed by atoms with Crippen molar-refractivity contribution in [2.24, 2.45) is 0 Å². The molecule has 0 saturated carbocycles. The van der Waals surface area contributed by atoms with Gasteiger partial charge in [0.15, 0.2) is 0 Å². The Morgan fingerprint density at radius 3 is 2.73 bits per heavy atom. The molecule has 0 amide bonds. The number of nitrogens with zero attached hydrogens (tertiary/aromatic N) is 2. The summed E-state index contributed by atoms with van der Waals surface area (Å²) in [7, 11) is 0. The highest BCUT2D eigenvalue weighted by atomic mass is 32.2. The van der Waals surface area contributed by atoms with E-state index in [1.54, 1.807) is 13.8 Å². The number of carboxylic acids is 1. The molecule has 1 heterocycles. The third-order valence-corrected chi connectivity index (χ3v) is 3.05.